The van der Waals surface area contributed by atoms with Crippen LogP contribution in [0.25, 0.3) is 0 Å². The lowest BCUT2D eigenvalue weighted by Gasteiger charge is -2.47. The monoisotopic (exact) mass is 288 g/mol. The van der Waals surface area contributed by atoms with Crippen molar-refractivity contribution in [2.75, 3.05) is 6.61 Å². The van der Waals surface area contributed by atoms with Gasteiger partial charge in [0.15, 0.2) is 0 Å². The van der Waals surface area contributed by atoms with Gasteiger partial charge in [0.25, 0.3) is 0 Å². The number of benzene rings is 1. The van der Waals surface area contributed by atoms with E-state index in [0.717, 1.165) is 26.1 Å². The molecule has 2 aliphatic heterocycles. The maximum absolute atomic E-state index is 5.78. The van der Waals surface area contributed by atoms with Crippen molar-refractivity contribution in [1.82, 2.24) is 10.6 Å². The van der Waals surface area contributed by atoms with E-state index in [1.54, 1.807) is 0 Å². The summed E-state index contributed by atoms with van der Waals surface area (Å²) in [4.78, 5) is 0. The van der Waals surface area contributed by atoms with Crippen LogP contribution in [0.15, 0.2) is 24.3 Å². The largest absolute Gasteiger partial charge is 0.375 e. The second-order valence-electron chi connectivity index (χ2n) is 7.93. The first-order valence-corrected chi connectivity index (χ1v) is 8.06. The molecule has 21 heavy (non-hydrogen) atoms. The van der Waals surface area contributed by atoms with Crippen LogP contribution >= 0.6 is 0 Å². The van der Waals surface area contributed by atoms with Gasteiger partial charge in [-0.25, -0.2) is 0 Å². The minimum absolute atomic E-state index is 0.175. The van der Waals surface area contributed by atoms with Crippen molar-refractivity contribution in [3.8, 4) is 0 Å². The number of ether oxygens (including phenoxy) is 1. The summed E-state index contributed by atoms with van der Waals surface area (Å²) in [5.41, 5.74) is 3.09. The van der Waals surface area contributed by atoms with Gasteiger partial charge >= 0.3 is 0 Å². The van der Waals surface area contributed by atoms with Crippen LogP contribution in [0.5, 0.6) is 0 Å². The van der Waals surface area contributed by atoms with Crippen molar-refractivity contribution in [2.24, 2.45) is 0 Å². The Kier molecular flexibility index (Phi) is 3.85. The maximum Gasteiger partial charge on any atom is 0.0721 e. The smallest absolute Gasteiger partial charge is 0.0721 e. The van der Waals surface area contributed by atoms with Crippen molar-refractivity contribution in [1.29, 1.82) is 0 Å². The SMILES string of the molecule is CC1(C)CC(NC2COCc3ccccc32)CC(C)(C)N1. The van der Waals surface area contributed by atoms with E-state index >= 15 is 0 Å². The molecule has 1 unspecified atom stereocenters. The zero-order valence-electron chi connectivity index (χ0n) is 13.7. The molecule has 2 aliphatic rings. The molecule has 0 amide bonds. The normalized spacial score (nSPS) is 28.1. The minimum atomic E-state index is 0.175. The summed E-state index contributed by atoms with van der Waals surface area (Å²) in [6.07, 6.45) is 2.30. The first kappa shape index (κ1) is 15.0. The summed E-state index contributed by atoms with van der Waals surface area (Å²) in [6, 6.07) is 9.50. The Labute approximate surface area is 128 Å². The van der Waals surface area contributed by atoms with Gasteiger partial charge in [-0.2, -0.15) is 0 Å². The van der Waals surface area contributed by atoms with E-state index in [-0.39, 0.29) is 11.1 Å². The molecule has 0 saturated carbocycles. The second kappa shape index (κ2) is 5.38. The van der Waals surface area contributed by atoms with Gasteiger partial charge in [-0.1, -0.05) is 24.3 Å². The number of hydrogen-bond acceptors (Lipinski definition) is 3. The van der Waals surface area contributed by atoms with Crippen molar-refractivity contribution >= 4 is 0 Å². The third kappa shape index (κ3) is 3.47. The van der Waals surface area contributed by atoms with Crippen LogP contribution < -0.4 is 10.6 Å². The summed E-state index contributed by atoms with van der Waals surface area (Å²) in [7, 11) is 0. The Balaban J connectivity index is 1.75. The van der Waals surface area contributed by atoms with Crippen LogP contribution in [0.4, 0.5) is 0 Å². The first-order valence-electron chi connectivity index (χ1n) is 8.06. The lowest BCUT2D eigenvalue weighted by atomic mass is 9.79. The van der Waals surface area contributed by atoms with Crippen LogP contribution in [0.3, 0.4) is 0 Å². The molecule has 0 radical (unpaired) electrons. The lowest BCUT2D eigenvalue weighted by Crippen LogP contribution is -2.62. The molecule has 0 bridgehead atoms. The molecule has 3 heteroatoms. The molecule has 1 saturated heterocycles. The van der Waals surface area contributed by atoms with Gasteiger partial charge in [0, 0.05) is 17.1 Å². The average Bonchev–Trinajstić information content (AvgIpc) is 2.35. The van der Waals surface area contributed by atoms with E-state index in [1.165, 1.54) is 11.1 Å². The van der Waals surface area contributed by atoms with Crippen LogP contribution in [0, 0.1) is 0 Å². The van der Waals surface area contributed by atoms with Crippen LogP contribution in [-0.4, -0.2) is 23.7 Å². The second-order valence-corrected chi connectivity index (χ2v) is 7.93. The summed E-state index contributed by atoms with van der Waals surface area (Å²) < 4.78 is 5.78. The molecular formula is C18H28N2O. The molecule has 0 aliphatic carbocycles. The van der Waals surface area contributed by atoms with Gasteiger partial charge in [0.05, 0.1) is 19.3 Å². The van der Waals surface area contributed by atoms with E-state index in [2.05, 4.69) is 62.6 Å². The van der Waals surface area contributed by atoms with E-state index in [4.69, 9.17) is 4.74 Å². The van der Waals surface area contributed by atoms with Crippen molar-refractivity contribution < 1.29 is 4.74 Å². The van der Waals surface area contributed by atoms with Gasteiger partial charge in [0.1, 0.15) is 0 Å². The molecule has 1 atom stereocenters. The molecule has 2 N–H and O–H groups in total. The highest BCUT2D eigenvalue weighted by Crippen LogP contribution is 2.31. The predicted molar refractivity (Wildman–Crippen MR) is 86.3 cm³/mol. The standard InChI is InChI=1S/C18H28N2O/c1-17(2)9-14(10-18(3,4)20-17)19-16-12-21-11-13-7-5-6-8-15(13)16/h5-8,14,16,19-20H,9-12H2,1-4H3. The predicted octanol–water partition coefficient (Wildman–Crippen LogP) is 3.16. The molecule has 0 spiro atoms. The Morgan fingerprint density at radius 1 is 1.10 bits per heavy atom. The highest BCUT2D eigenvalue weighted by atomic mass is 16.5. The van der Waals surface area contributed by atoms with E-state index in [1.807, 2.05) is 0 Å². The highest BCUT2D eigenvalue weighted by molar-refractivity contribution is 5.31. The first-order chi connectivity index (χ1) is 9.85. The summed E-state index contributed by atoms with van der Waals surface area (Å²) in [5, 5.41) is 7.61. The van der Waals surface area contributed by atoms with Crippen molar-refractivity contribution in [3.63, 3.8) is 0 Å². The molecule has 0 aromatic heterocycles. The molecule has 116 valence electrons. The van der Waals surface area contributed by atoms with E-state index in [0.29, 0.717) is 12.1 Å². The van der Waals surface area contributed by atoms with Gasteiger partial charge < -0.3 is 15.4 Å². The maximum atomic E-state index is 5.78. The number of fused-ring (bicyclic) bond motifs is 1. The van der Waals surface area contributed by atoms with E-state index in [9.17, 15) is 0 Å². The number of rotatable bonds is 2. The number of nitrogens with one attached hydrogen (secondary N) is 2. The van der Waals surface area contributed by atoms with Gasteiger partial charge in [0.2, 0.25) is 0 Å². The van der Waals surface area contributed by atoms with Gasteiger partial charge in [-0.3, -0.25) is 0 Å². The zero-order chi connectivity index (χ0) is 15.1. The molecule has 1 aromatic rings. The quantitative estimate of drug-likeness (QED) is 0.877. The lowest BCUT2D eigenvalue weighted by molar-refractivity contribution is 0.0662. The van der Waals surface area contributed by atoms with Crippen molar-refractivity contribution in [3.05, 3.63) is 35.4 Å². The molecular weight excluding hydrogens is 260 g/mol. The minimum Gasteiger partial charge on any atom is -0.375 e. The number of piperidine rings is 1. The average molecular weight is 288 g/mol. The van der Waals surface area contributed by atoms with Crippen LogP contribution in [0.1, 0.15) is 57.7 Å². The van der Waals surface area contributed by atoms with Crippen LogP contribution in [-0.2, 0) is 11.3 Å². The van der Waals surface area contributed by atoms with Gasteiger partial charge in [-0.05, 0) is 51.7 Å². The fraction of sp³-hybridized carbons (Fsp3) is 0.667. The van der Waals surface area contributed by atoms with Crippen LogP contribution in [0.2, 0.25) is 0 Å². The third-order valence-corrected chi connectivity index (χ3v) is 4.60. The Morgan fingerprint density at radius 3 is 2.48 bits per heavy atom. The molecule has 2 heterocycles. The van der Waals surface area contributed by atoms with Gasteiger partial charge in [-0.15, -0.1) is 0 Å². The topological polar surface area (TPSA) is 33.3 Å². The summed E-state index contributed by atoms with van der Waals surface area (Å²) in [5.74, 6) is 0. The molecule has 3 rings (SSSR count). The Morgan fingerprint density at radius 2 is 1.76 bits per heavy atom. The summed E-state index contributed by atoms with van der Waals surface area (Å²) >= 11 is 0. The zero-order valence-corrected chi connectivity index (χ0v) is 13.7. The molecule has 3 nitrogen and oxygen atoms in total. The highest BCUT2D eigenvalue weighted by Gasteiger charge is 2.38. The third-order valence-electron chi connectivity index (χ3n) is 4.60. The molecule has 1 fully saturated rings. The van der Waals surface area contributed by atoms with Crippen molar-refractivity contribution in [2.45, 2.75) is 70.3 Å². The fourth-order valence-corrected chi connectivity index (χ4v) is 4.24. The van der Waals surface area contributed by atoms with E-state index < -0.39 is 0 Å². The Bertz CT molecular complexity index is 494. The number of hydrogen-bond donors (Lipinski definition) is 2. The fourth-order valence-electron chi connectivity index (χ4n) is 4.24. The Hall–Kier alpha value is -0.900. The summed E-state index contributed by atoms with van der Waals surface area (Å²) in [6.45, 7) is 10.7. The molecule has 1 aromatic carbocycles.